The number of aryl methyl sites for hydroxylation is 1. The van der Waals surface area contributed by atoms with Crippen molar-refractivity contribution < 1.29 is 8.42 Å². The lowest BCUT2D eigenvalue weighted by atomic mass is 10.2. The van der Waals surface area contributed by atoms with Gasteiger partial charge in [-0.1, -0.05) is 6.07 Å². The summed E-state index contributed by atoms with van der Waals surface area (Å²) in [5, 5.41) is 8.38. The second-order valence-electron chi connectivity index (χ2n) is 6.28. The lowest BCUT2D eigenvalue weighted by molar-refractivity contribution is 0.478. The number of nitrogens with one attached hydrogen (secondary N) is 2. The Bertz CT molecular complexity index is 829. The third-order valence-corrected chi connectivity index (χ3v) is 8.13. The molecule has 2 aromatic rings. The van der Waals surface area contributed by atoms with E-state index in [9.17, 15) is 8.42 Å². The van der Waals surface area contributed by atoms with Crippen molar-refractivity contribution in [2.75, 3.05) is 26.7 Å². The third kappa shape index (κ3) is 6.60. The van der Waals surface area contributed by atoms with Crippen molar-refractivity contribution in [3.8, 4) is 0 Å². The molecular weight excluding hydrogens is 400 g/mol. The van der Waals surface area contributed by atoms with E-state index in [0.29, 0.717) is 23.3 Å². The van der Waals surface area contributed by atoms with Crippen LogP contribution in [0.5, 0.6) is 0 Å². The predicted molar refractivity (Wildman–Crippen MR) is 115 cm³/mol. The zero-order chi connectivity index (χ0) is 19.9. The van der Waals surface area contributed by atoms with Crippen molar-refractivity contribution >= 4 is 38.7 Å². The van der Waals surface area contributed by atoms with Crippen LogP contribution in [-0.4, -0.2) is 51.4 Å². The van der Waals surface area contributed by atoms with Crippen molar-refractivity contribution in [1.29, 1.82) is 0 Å². The Hall–Kier alpha value is -1.42. The van der Waals surface area contributed by atoms with Crippen LogP contribution >= 0.6 is 22.7 Å². The van der Waals surface area contributed by atoms with Crippen LogP contribution in [0.3, 0.4) is 0 Å². The van der Waals surface area contributed by atoms with E-state index in [2.05, 4.69) is 41.6 Å². The topological polar surface area (TPSA) is 73.8 Å². The molecule has 0 saturated carbocycles. The van der Waals surface area contributed by atoms with Gasteiger partial charge in [0.05, 0.1) is 6.54 Å². The second-order valence-corrected chi connectivity index (χ2v) is 10.9. The summed E-state index contributed by atoms with van der Waals surface area (Å²) >= 11 is 3.03. The summed E-state index contributed by atoms with van der Waals surface area (Å²) in [4.78, 5) is 7.18. The average molecular weight is 429 g/mol. The van der Waals surface area contributed by atoms with Gasteiger partial charge in [-0.2, -0.15) is 4.31 Å². The number of thiophene rings is 2. The van der Waals surface area contributed by atoms with Crippen LogP contribution in [0.4, 0.5) is 0 Å². The van der Waals surface area contributed by atoms with Gasteiger partial charge >= 0.3 is 0 Å². The lowest BCUT2D eigenvalue weighted by Crippen LogP contribution is -2.43. The van der Waals surface area contributed by atoms with Gasteiger partial charge in [0.25, 0.3) is 10.0 Å². The quantitative estimate of drug-likeness (QED) is 0.476. The maximum Gasteiger partial charge on any atom is 0.252 e. The highest BCUT2D eigenvalue weighted by atomic mass is 32.2. The highest BCUT2D eigenvalue weighted by Crippen LogP contribution is 2.19. The third-order valence-electron chi connectivity index (χ3n) is 3.88. The molecule has 2 heterocycles. The predicted octanol–water partition coefficient (Wildman–Crippen LogP) is 2.92. The minimum Gasteiger partial charge on any atom is -0.357 e. The van der Waals surface area contributed by atoms with E-state index in [4.69, 9.17) is 0 Å². The molecule has 9 heteroatoms. The van der Waals surface area contributed by atoms with E-state index in [1.807, 2.05) is 6.92 Å². The van der Waals surface area contributed by atoms with E-state index in [0.717, 1.165) is 13.0 Å². The Labute approximate surface area is 170 Å². The molecule has 0 fully saturated rings. The SMILES string of the molecule is CCNC(=NCCN(C)S(=O)(=O)c1cccs1)NC(C)Cc1ccc(C)s1. The number of guanidine groups is 1. The summed E-state index contributed by atoms with van der Waals surface area (Å²) in [5.41, 5.74) is 0. The fourth-order valence-electron chi connectivity index (χ4n) is 2.49. The van der Waals surface area contributed by atoms with Gasteiger partial charge in [0, 0.05) is 42.4 Å². The van der Waals surface area contributed by atoms with Gasteiger partial charge in [0.15, 0.2) is 5.96 Å². The zero-order valence-corrected chi connectivity index (χ0v) is 18.7. The summed E-state index contributed by atoms with van der Waals surface area (Å²) < 4.78 is 26.6. The number of aliphatic imine (C=N–C) groups is 1. The van der Waals surface area contributed by atoms with Crippen molar-refractivity contribution in [3.05, 3.63) is 39.4 Å². The van der Waals surface area contributed by atoms with Crippen molar-refractivity contribution in [3.63, 3.8) is 0 Å². The van der Waals surface area contributed by atoms with E-state index < -0.39 is 10.0 Å². The monoisotopic (exact) mass is 428 g/mol. The highest BCUT2D eigenvalue weighted by molar-refractivity contribution is 7.91. The van der Waals surface area contributed by atoms with Gasteiger partial charge in [-0.25, -0.2) is 8.42 Å². The minimum atomic E-state index is -3.42. The molecule has 0 aliphatic carbocycles. The summed E-state index contributed by atoms with van der Waals surface area (Å²) in [6, 6.07) is 7.89. The van der Waals surface area contributed by atoms with E-state index in [1.54, 1.807) is 35.9 Å². The van der Waals surface area contributed by atoms with Gasteiger partial charge < -0.3 is 10.6 Å². The Kier molecular flexibility index (Phi) is 8.28. The number of nitrogens with zero attached hydrogens (tertiary/aromatic N) is 2. The molecule has 0 spiro atoms. The molecule has 1 atom stereocenters. The van der Waals surface area contributed by atoms with Crippen molar-refractivity contribution in [2.45, 2.75) is 37.4 Å². The molecule has 0 aromatic carbocycles. The molecule has 2 N–H and O–H groups in total. The normalized spacial score (nSPS) is 13.7. The van der Waals surface area contributed by atoms with Crippen LogP contribution in [0, 0.1) is 6.92 Å². The number of hydrogen-bond donors (Lipinski definition) is 2. The Balaban J connectivity index is 1.90. The first-order valence-corrected chi connectivity index (χ1v) is 12.1. The van der Waals surface area contributed by atoms with Crippen LogP contribution in [-0.2, 0) is 16.4 Å². The summed E-state index contributed by atoms with van der Waals surface area (Å²) in [6.45, 7) is 7.71. The Morgan fingerprint density at radius 3 is 2.70 bits per heavy atom. The molecule has 0 aliphatic rings. The second kappa shape index (κ2) is 10.2. The van der Waals surface area contributed by atoms with Crippen LogP contribution in [0.1, 0.15) is 23.6 Å². The van der Waals surface area contributed by atoms with Crippen molar-refractivity contribution in [2.24, 2.45) is 4.99 Å². The largest absolute Gasteiger partial charge is 0.357 e. The first-order chi connectivity index (χ1) is 12.8. The number of rotatable bonds is 9. The van der Waals surface area contributed by atoms with E-state index in [-0.39, 0.29) is 6.04 Å². The minimum absolute atomic E-state index is 0.230. The molecule has 0 saturated heterocycles. The van der Waals surface area contributed by atoms with E-state index >= 15 is 0 Å². The van der Waals surface area contributed by atoms with Crippen molar-refractivity contribution in [1.82, 2.24) is 14.9 Å². The number of sulfonamides is 1. The van der Waals surface area contributed by atoms with Crippen LogP contribution in [0.15, 0.2) is 38.8 Å². The molecular formula is C18H28N4O2S3. The molecule has 27 heavy (non-hydrogen) atoms. The highest BCUT2D eigenvalue weighted by Gasteiger charge is 2.21. The molecule has 1 unspecified atom stereocenters. The first-order valence-electron chi connectivity index (χ1n) is 8.93. The molecule has 150 valence electrons. The summed E-state index contributed by atoms with van der Waals surface area (Å²) in [5.74, 6) is 0.709. The fraction of sp³-hybridized carbons (Fsp3) is 0.500. The zero-order valence-electron chi connectivity index (χ0n) is 16.2. The Morgan fingerprint density at radius 2 is 2.11 bits per heavy atom. The standard InChI is InChI=1S/C18H28N4O2S3/c1-5-19-18(21-14(2)13-16-9-8-15(3)26-16)20-10-11-22(4)27(23,24)17-7-6-12-25-17/h6-9,12,14H,5,10-11,13H2,1-4H3,(H2,19,20,21). The van der Waals surface area contributed by atoms with Gasteiger partial charge in [-0.15, -0.1) is 22.7 Å². The lowest BCUT2D eigenvalue weighted by Gasteiger charge is -2.18. The van der Waals surface area contributed by atoms with Gasteiger partial charge in [-0.05, 0) is 44.4 Å². The molecule has 6 nitrogen and oxygen atoms in total. The van der Waals surface area contributed by atoms with Gasteiger partial charge in [-0.3, -0.25) is 4.99 Å². The van der Waals surface area contributed by atoms with E-state index in [1.165, 1.54) is 25.4 Å². The molecule has 2 aromatic heterocycles. The van der Waals surface area contributed by atoms with Gasteiger partial charge in [0.2, 0.25) is 0 Å². The maximum absolute atomic E-state index is 12.4. The number of likely N-dealkylation sites (N-methyl/N-ethyl adjacent to an activating group) is 1. The van der Waals surface area contributed by atoms with Crippen LogP contribution in [0.25, 0.3) is 0 Å². The molecule has 0 aliphatic heterocycles. The smallest absolute Gasteiger partial charge is 0.252 e. The first kappa shape index (κ1) is 21.9. The van der Waals surface area contributed by atoms with Crippen LogP contribution in [0.2, 0.25) is 0 Å². The maximum atomic E-state index is 12.4. The molecule has 2 rings (SSSR count). The van der Waals surface area contributed by atoms with Crippen LogP contribution < -0.4 is 10.6 Å². The van der Waals surface area contributed by atoms with Gasteiger partial charge in [0.1, 0.15) is 4.21 Å². The molecule has 0 amide bonds. The number of hydrogen-bond acceptors (Lipinski definition) is 5. The Morgan fingerprint density at radius 1 is 1.33 bits per heavy atom. The molecule has 0 bridgehead atoms. The summed E-state index contributed by atoms with van der Waals surface area (Å²) in [7, 11) is -1.83. The average Bonchev–Trinajstić information content (AvgIpc) is 3.27. The fourth-order valence-corrected chi connectivity index (χ4v) is 5.87. The molecule has 0 radical (unpaired) electrons. The summed E-state index contributed by atoms with van der Waals surface area (Å²) in [6.07, 6.45) is 0.926.